The van der Waals surface area contributed by atoms with E-state index in [0.29, 0.717) is 0 Å². The molecule has 0 radical (unpaired) electrons. The van der Waals surface area contributed by atoms with Crippen molar-refractivity contribution in [3.05, 3.63) is 21.0 Å². The molecule has 2 rings (SSSR count). The summed E-state index contributed by atoms with van der Waals surface area (Å²) in [5.74, 6) is -2.31. The number of nitrogens with one attached hydrogen (secondary N) is 3. The average molecular weight is 199 g/mol. The van der Waals surface area contributed by atoms with Crippen LogP contribution in [0.4, 0.5) is 0 Å². The maximum absolute atomic E-state index is 10.7. The lowest BCUT2D eigenvalue weighted by molar-refractivity contribution is 0.441. The number of aromatic hydroxyl groups is 2. The second-order valence-corrected chi connectivity index (χ2v) is 2.49. The van der Waals surface area contributed by atoms with Crippen LogP contribution in [0.1, 0.15) is 0 Å². The monoisotopic (exact) mass is 199 g/mol. The minimum absolute atomic E-state index is 0.189. The third kappa shape index (κ3) is 1.09. The van der Waals surface area contributed by atoms with Crippen LogP contribution in [0.25, 0.3) is 11.5 Å². The smallest absolute Gasteiger partial charge is 0.419 e. The second kappa shape index (κ2) is 2.55. The van der Waals surface area contributed by atoms with Crippen molar-refractivity contribution in [3.8, 4) is 23.2 Å². The molecule has 2 aromatic rings. The van der Waals surface area contributed by atoms with Crippen LogP contribution < -0.4 is 11.4 Å². The highest BCUT2D eigenvalue weighted by molar-refractivity contribution is 5.62. The molecule has 0 saturated carbocycles. The van der Waals surface area contributed by atoms with Gasteiger partial charge in [-0.1, -0.05) is 0 Å². The summed E-state index contributed by atoms with van der Waals surface area (Å²) in [7, 11) is 0. The lowest BCUT2D eigenvalue weighted by Gasteiger charge is -1.90. The van der Waals surface area contributed by atoms with Gasteiger partial charge >= 0.3 is 11.4 Å². The summed E-state index contributed by atoms with van der Waals surface area (Å²) in [5, 5.41) is 18.3. The van der Waals surface area contributed by atoms with Gasteiger partial charge in [-0.2, -0.15) is 0 Å². The first-order chi connectivity index (χ1) is 6.58. The van der Waals surface area contributed by atoms with Crippen LogP contribution in [0.15, 0.2) is 14.0 Å². The van der Waals surface area contributed by atoms with Crippen molar-refractivity contribution < 1.29 is 14.6 Å². The zero-order valence-corrected chi connectivity index (χ0v) is 6.62. The molecule has 0 aliphatic heterocycles. The van der Waals surface area contributed by atoms with Crippen molar-refractivity contribution in [2.45, 2.75) is 0 Å². The van der Waals surface area contributed by atoms with Crippen molar-refractivity contribution in [2.24, 2.45) is 0 Å². The fourth-order valence-electron chi connectivity index (χ4n) is 1.03. The number of aromatic amines is 3. The van der Waals surface area contributed by atoms with E-state index in [9.17, 15) is 9.59 Å². The van der Waals surface area contributed by atoms with Gasteiger partial charge in [-0.3, -0.25) is 15.0 Å². The maximum atomic E-state index is 10.7. The molecule has 0 unspecified atom stereocenters. The SMILES string of the molecule is O=c1[nH]c(O)c(-c2oc(=O)[nH]c2O)[nH]1. The minimum Gasteiger partial charge on any atom is -0.493 e. The van der Waals surface area contributed by atoms with Gasteiger partial charge in [0.15, 0.2) is 5.69 Å². The van der Waals surface area contributed by atoms with Crippen molar-refractivity contribution in [1.82, 2.24) is 15.0 Å². The standard InChI is InChI=1S/C6H5N3O5/c10-3-1(7-5(12)8-3)2-4(11)9-6(13)14-2/h10-11H,(H,9,13)(H2,7,8,12). The van der Waals surface area contributed by atoms with Gasteiger partial charge in [0.05, 0.1) is 0 Å². The summed E-state index contributed by atoms with van der Waals surface area (Å²) in [5.41, 5.74) is -0.869. The van der Waals surface area contributed by atoms with Gasteiger partial charge in [-0.25, -0.2) is 9.59 Å². The van der Waals surface area contributed by atoms with Crippen LogP contribution in [0.3, 0.4) is 0 Å². The Morgan fingerprint density at radius 3 is 2.14 bits per heavy atom. The molecule has 0 aliphatic rings. The topological polar surface area (TPSA) is 135 Å². The molecule has 74 valence electrons. The maximum Gasteiger partial charge on any atom is 0.419 e. The van der Waals surface area contributed by atoms with E-state index in [1.54, 1.807) is 0 Å². The summed E-state index contributed by atoms with van der Waals surface area (Å²) < 4.78 is 4.48. The van der Waals surface area contributed by atoms with Crippen LogP contribution in [0, 0.1) is 0 Å². The molecule has 0 atom stereocenters. The Labute approximate surface area is 74.8 Å². The van der Waals surface area contributed by atoms with E-state index in [-0.39, 0.29) is 11.5 Å². The Morgan fingerprint density at radius 2 is 1.71 bits per heavy atom. The Bertz CT molecular complexity index is 519. The molecule has 2 aromatic heterocycles. The molecule has 0 spiro atoms. The highest BCUT2D eigenvalue weighted by Crippen LogP contribution is 2.28. The lowest BCUT2D eigenvalue weighted by atomic mass is 10.3. The van der Waals surface area contributed by atoms with Crippen LogP contribution in [0.2, 0.25) is 0 Å². The molecule has 2 heterocycles. The minimum atomic E-state index is -0.890. The van der Waals surface area contributed by atoms with E-state index in [2.05, 4.69) is 9.40 Å². The third-order valence-corrected chi connectivity index (χ3v) is 1.56. The zero-order chi connectivity index (χ0) is 10.3. The molecule has 5 N–H and O–H groups in total. The van der Waals surface area contributed by atoms with Crippen molar-refractivity contribution >= 4 is 0 Å². The molecule has 0 aromatic carbocycles. The highest BCUT2D eigenvalue weighted by Gasteiger charge is 2.17. The Hall–Kier alpha value is -2.38. The molecule has 8 nitrogen and oxygen atoms in total. The van der Waals surface area contributed by atoms with E-state index in [4.69, 9.17) is 10.2 Å². The molecule has 0 amide bonds. The van der Waals surface area contributed by atoms with E-state index in [0.717, 1.165) is 0 Å². The molecule has 0 aliphatic carbocycles. The fourth-order valence-corrected chi connectivity index (χ4v) is 1.03. The largest absolute Gasteiger partial charge is 0.493 e. The summed E-state index contributed by atoms with van der Waals surface area (Å²) in [6.07, 6.45) is 0. The molecular formula is C6H5N3O5. The molecule has 0 fully saturated rings. The van der Waals surface area contributed by atoms with Gasteiger partial charge in [-0.05, 0) is 0 Å². The zero-order valence-electron chi connectivity index (χ0n) is 6.62. The molecule has 0 saturated heterocycles. The van der Waals surface area contributed by atoms with Gasteiger partial charge < -0.3 is 14.6 Å². The van der Waals surface area contributed by atoms with E-state index >= 15 is 0 Å². The number of aromatic nitrogens is 3. The van der Waals surface area contributed by atoms with Crippen LogP contribution in [-0.4, -0.2) is 25.2 Å². The lowest BCUT2D eigenvalue weighted by Crippen LogP contribution is -2.00. The Kier molecular flexibility index (Phi) is 1.50. The number of H-pyrrole nitrogens is 3. The predicted molar refractivity (Wildman–Crippen MR) is 43.1 cm³/mol. The average Bonchev–Trinajstić information content (AvgIpc) is 2.55. The number of imidazole rings is 1. The summed E-state index contributed by atoms with van der Waals surface area (Å²) in [6.45, 7) is 0. The van der Waals surface area contributed by atoms with Gasteiger partial charge in [0.1, 0.15) is 0 Å². The van der Waals surface area contributed by atoms with Gasteiger partial charge in [0.2, 0.25) is 17.5 Å². The summed E-state index contributed by atoms with van der Waals surface area (Å²) >= 11 is 0. The van der Waals surface area contributed by atoms with Crippen LogP contribution >= 0.6 is 0 Å². The van der Waals surface area contributed by atoms with Gasteiger partial charge in [0.25, 0.3) is 0 Å². The van der Waals surface area contributed by atoms with Crippen LogP contribution in [-0.2, 0) is 0 Å². The molecule has 0 bridgehead atoms. The Morgan fingerprint density at radius 1 is 1.00 bits per heavy atom. The number of oxazole rings is 1. The normalized spacial score (nSPS) is 10.6. The van der Waals surface area contributed by atoms with E-state index < -0.39 is 23.2 Å². The first-order valence-electron chi connectivity index (χ1n) is 3.51. The summed E-state index contributed by atoms with van der Waals surface area (Å²) in [4.78, 5) is 27.4. The van der Waals surface area contributed by atoms with Crippen molar-refractivity contribution in [3.63, 3.8) is 0 Å². The molecule has 8 heteroatoms. The number of hydrogen-bond donors (Lipinski definition) is 5. The quantitative estimate of drug-likeness (QED) is 0.404. The summed E-state index contributed by atoms with van der Waals surface area (Å²) in [6, 6.07) is 0. The van der Waals surface area contributed by atoms with Gasteiger partial charge in [-0.15, -0.1) is 0 Å². The number of rotatable bonds is 1. The first kappa shape index (κ1) is 8.23. The Balaban J connectivity index is 2.70. The van der Waals surface area contributed by atoms with E-state index in [1.807, 2.05) is 9.97 Å². The second-order valence-electron chi connectivity index (χ2n) is 2.49. The van der Waals surface area contributed by atoms with Gasteiger partial charge in [0, 0.05) is 0 Å². The van der Waals surface area contributed by atoms with Crippen molar-refractivity contribution in [2.75, 3.05) is 0 Å². The highest BCUT2D eigenvalue weighted by atomic mass is 16.4. The molecular weight excluding hydrogens is 194 g/mol. The third-order valence-electron chi connectivity index (χ3n) is 1.56. The predicted octanol–water partition coefficient (Wildman–Crippen LogP) is -0.938. The number of hydrogen-bond acceptors (Lipinski definition) is 5. The first-order valence-corrected chi connectivity index (χ1v) is 3.51. The molecule has 14 heavy (non-hydrogen) atoms. The fraction of sp³-hybridized carbons (Fsp3) is 0. The van der Waals surface area contributed by atoms with E-state index in [1.165, 1.54) is 0 Å². The van der Waals surface area contributed by atoms with Crippen LogP contribution in [0.5, 0.6) is 11.8 Å². The van der Waals surface area contributed by atoms with Crippen molar-refractivity contribution in [1.29, 1.82) is 0 Å².